The molecule has 0 radical (unpaired) electrons. The summed E-state index contributed by atoms with van der Waals surface area (Å²) in [6.45, 7) is 1.53. The molecule has 0 atom stereocenters. The number of halogens is 2. The third-order valence-corrected chi connectivity index (χ3v) is 2.90. The summed E-state index contributed by atoms with van der Waals surface area (Å²) in [5.41, 5.74) is 0.436. The van der Waals surface area contributed by atoms with E-state index in [1.165, 1.54) is 0 Å². The summed E-state index contributed by atoms with van der Waals surface area (Å²) in [5, 5.41) is 6.23. The molecule has 0 aliphatic heterocycles. The first-order chi connectivity index (χ1) is 8.50. The van der Waals surface area contributed by atoms with Crippen LogP contribution in [0.4, 0.5) is 10.5 Å². The Morgan fingerprint density at radius 2 is 1.89 bits per heavy atom. The number of rotatable bonds is 5. The van der Waals surface area contributed by atoms with Crippen molar-refractivity contribution in [3.63, 3.8) is 0 Å². The van der Waals surface area contributed by atoms with Crippen LogP contribution < -0.4 is 10.6 Å². The van der Waals surface area contributed by atoms with Crippen LogP contribution in [0.2, 0.25) is 10.0 Å². The van der Waals surface area contributed by atoms with Gasteiger partial charge in [-0.2, -0.15) is 0 Å². The van der Waals surface area contributed by atoms with Crippen molar-refractivity contribution in [1.29, 1.82) is 0 Å². The van der Waals surface area contributed by atoms with E-state index in [2.05, 4.69) is 15.5 Å². The van der Waals surface area contributed by atoms with Crippen LogP contribution in [-0.2, 0) is 0 Å². The minimum Gasteiger partial charge on any atom is -0.338 e. The molecule has 0 spiro atoms. The van der Waals surface area contributed by atoms with Gasteiger partial charge in [0.1, 0.15) is 0 Å². The van der Waals surface area contributed by atoms with Gasteiger partial charge in [-0.15, -0.1) is 0 Å². The second kappa shape index (κ2) is 7.46. The smallest absolute Gasteiger partial charge is 0.319 e. The van der Waals surface area contributed by atoms with Gasteiger partial charge in [0.15, 0.2) is 0 Å². The highest BCUT2D eigenvalue weighted by molar-refractivity contribution is 6.39. The molecule has 100 valence electrons. The van der Waals surface area contributed by atoms with Crippen molar-refractivity contribution >= 4 is 34.9 Å². The summed E-state index contributed by atoms with van der Waals surface area (Å²) in [7, 11) is 3.98. The Kier molecular flexibility index (Phi) is 6.25. The number of hydrogen-bond donors (Lipinski definition) is 2. The number of carbonyl (C=O) groups excluding carboxylic acids is 1. The summed E-state index contributed by atoms with van der Waals surface area (Å²) >= 11 is 11.9. The van der Waals surface area contributed by atoms with Crippen molar-refractivity contribution in [3.8, 4) is 0 Å². The summed E-state index contributed by atoms with van der Waals surface area (Å²) in [5.74, 6) is 0. The Balaban J connectivity index is 2.40. The van der Waals surface area contributed by atoms with Crippen LogP contribution in [-0.4, -0.2) is 38.1 Å². The fourth-order valence-electron chi connectivity index (χ4n) is 1.37. The molecular formula is C12H17Cl2N3O. The number of nitrogens with one attached hydrogen (secondary N) is 2. The lowest BCUT2D eigenvalue weighted by atomic mass is 10.3. The van der Waals surface area contributed by atoms with Gasteiger partial charge in [-0.3, -0.25) is 0 Å². The quantitative estimate of drug-likeness (QED) is 0.819. The lowest BCUT2D eigenvalue weighted by Gasteiger charge is -2.12. The minimum absolute atomic E-state index is 0.302. The van der Waals surface area contributed by atoms with Crippen LogP contribution >= 0.6 is 23.2 Å². The molecule has 4 nitrogen and oxygen atoms in total. The summed E-state index contributed by atoms with van der Waals surface area (Å²) < 4.78 is 0. The van der Waals surface area contributed by atoms with Gasteiger partial charge in [-0.1, -0.05) is 29.3 Å². The first kappa shape index (κ1) is 15.1. The predicted octanol–water partition coefficient (Wildman–Crippen LogP) is 3.07. The van der Waals surface area contributed by atoms with Gasteiger partial charge in [0, 0.05) is 6.54 Å². The second-order valence-corrected chi connectivity index (χ2v) is 4.95. The summed E-state index contributed by atoms with van der Waals surface area (Å²) in [6.07, 6.45) is 0.886. The third-order valence-electron chi connectivity index (χ3n) is 2.27. The van der Waals surface area contributed by atoms with Gasteiger partial charge in [-0.05, 0) is 39.2 Å². The van der Waals surface area contributed by atoms with Gasteiger partial charge < -0.3 is 15.5 Å². The van der Waals surface area contributed by atoms with Crippen molar-refractivity contribution in [2.75, 3.05) is 32.5 Å². The van der Waals surface area contributed by atoms with E-state index in [0.29, 0.717) is 22.3 Å². The Labute approximate surface area is 117 Å². The van der Waals surface area contributed by atoms with Crippen molar-refractivity contribution in [1.82, 2.24) is 10.2 Å². The standard InChI is InChI=1S/C12H17Cl2N3O/c1-17(2)8-4-7-15-12(18)16-11-9(13)5-3-6-10(11)14/h3,5-6H,4,7-8H2,1-2H3,(H2,15,16,18). The normalized spacial score (nSPS) is 10.5. The first-order valence-electron chi connectivity index (χ1n) is 5.64. The molecule has 0 saturated heterocycles. The molecule has 0 aliphatic rings. The molecule has 1 rings (SSSR count). The molecule has 0 aliphatic carbocycles. The second-order valence-electron chi connectivity index (χ2n) is 4.13. The van der Waals surface area contributed by atoms with Crippen LogP contribution in [0, 0.1) is 0 Å². The molecule has 2 amide bonds. The van der Waals surface area contributed by atoms with E-state index in [9.17, 15) is 4.79 Å². The molecule has 6 heteroatoms. The number of carbonyl (C=O) groups is 1. The molecule has 0 unspecified atom stereocenters. The van der Waals surface area contributed by atoms with Gasteiger partial charge in [0.05, 0.1) is 15.7 Å². The zero-order chi connectivity index (χ0) is 13.5. The lowest BCUT2D eigenvalue weighted by molar-refractivity contribution is 0.251. The lowest BCUT2D eigenvalue weighted by Crippen LogP contribution is -2.31. The van der Waals surface area contributed by atoms with Crippen LogP contribution in [0.5, 0.6) is 0 Å². The highest BCUT2D eigenvalue weighted by Crippen LogP contribution is 2.29. The zero-order valence-electron chi connectivity index (χ0n) is 10.5. The molecule has 0 fully saturated rings. The monoisotopic (exact) mass is 289 g/mol. The van der Waals surface area contributed by atoms with E-state index in [-0.39, 0.29) is 6.03 Å². The topological polar surface area (TPSA) is 44.4 Å². The van der Waals surface area contributed by atoms with E-state index < -0.39 is 0 Å². The average Bonchev–Trinajstić information content (AvgIpc) is 2.29. The van der Waals surface area contributed by atoms with Crippen LogP contribution in [0.15, 0.2) is 18.2 Å². The molecule has 18 heavy (non-hydrogen) atoms. The molecule has 0 bridgehead atoms. The maximum atomic E-state index is 11.6. The number of benzene rings is 1. The molecule has 0 saturated carbocycles. The van der Waals surface area contributed by atoms with E-state index in [4.69, 9.17) is 23.2 Å². The number of anilines is 1. The Morgan fingerprint density at radius 3 is 2.44 bits per heavy atom. The van der Waals surface area contributed by atoms with E-state index in [0.717, 1.165) is 13.0 Å². The van der Waals surface area contributed by atoms with Crippen LogP contribution in [0.25, 0.3) is 0 Å². The number of para-hydroxylation sites is 1. The molecule has 1 aromatic carbocycles. The van der Waals surface area contributed by atoms with Crippen molar-refractivity contribution in [2.24, 2.45) is 0 Å². The summed E-state index contributed by atoms with van der Waals surface area (Å²) in [6, 6.07) is 4.78. The highest BCUT2D eigenvalue weighted by Gasteiger charge is 2.08. The molecule has 2 N–H and O–H groups in total. The number of hydrogen-bond acceptors (Lipinski definition) is 2. The van der Waals surface area contributed by atoms with Crippen molar-refractivity contribution in [3.05, 3.63) is 28.2 Å². The Morgan fingerprint density at radius 1 is 1.28 bits per heavy atom. The molecule has 0 aromatic heterocycles. The SMILES string of the molecule is CN(C)CCCNC(=O)Nc1c(Cl)cccc1Cl. The third kappa shape index (κ3) is 5.12. The maximum Gasteiger partial charge on any atom is 0.319 e. The molecular weight excluding hydrogens is 273 g/mol. The summed E-state index contributed by atoms with van der Waals surface area (Å²) in [4.78, 5) is 13.7. The van der Waals surface area contributed by atoms with Gasteiger partial charge in [0.25, 0.3) is 0 Å². The fourth-order valence-corrected chi connectivity index (χ4v) is 1.86. The number of urea groups is 1. The van der Waals surface area contributed by atoms with Gasteiger partial charge in [-0.25, -0.2) is 4.79 Å². The number of nitrogens with zero attached hydrogens (tertiary/aromatic N) is 1. The Bertz CT molecular complexity index is 390. The minimum atomic E-state index is -0.302. The highest BCUT2D eigenvalue weighted by atomic mass is 35.5. The molecule has 1 aromatic rings. The van der Waals surface area contributed by atoms with E-state index in [1.807, 2.05) is 14.1 Å². The number of amides is 2. The first-order valence-corrected chi connectivity index (χ1v) is 6.40. The largest absolute Gasteiger partial charge is 0.338 e. The molecule has 0 heterocycles. The maximum absolute atomic E-state index is 11.6. The van der Waals surface area contributed by atoms with Crippen molar-refractivity contribution < 1.29 is 4.79 Å². The zero-order valence-corrected chi connectivity index (χ0v) is 12.0. The predicted molar refractivity (Wildman–Crippen MR) is 76.7 cm³/mol. The Hall–Kier alpha value is -0.970. The van der Waals surface area contributed by atoms with E-state index in [1.54, 1.807) is 18.2 Å². The van der Waals surface area contributed by atoms with Crippen molar-refractivity contribution in [2.45, 2.75) is 6.42 Å². The fraction of sp³-hybridized carbons (Fsp3) is 0.417. The average molecular weight is 290 g/mol. The van der Waals surface area contributed by atoms with Crippen LogP contribution in [0.3, 0.4) is 0 Å². The van der Waals surface area contributed by atoms with Gasteiger partial charge in [0.2, 0.25) is 0 Å². The van der Waals surface area contributed by atoms with E-state index >= 15 is 0 Å². The van der Waals surface area contributed by atoms with Gasteiger partial charge >= 0.3 is 6.03 Å². The van der Waals surface area contributed by atoms with Crippen LogP contribution in [0.1, 0.15) is 6.42 Å².